The van der Waals surface area contributed by atoms with Gasteiger partial charge in [0.2, 0.25) is 0 Å². The van der Waals surface area contributed by atoms with Crippen molar-refractivity contribution in [2.75, 3.05) is 18.1 Å². The molecule has 1 aliphatic heterocycles. The van der Waals surface area contributed by atoms with E-state index in [0.717, 1.165) is 18.5 Å². The Hall–Kier alpha value is -1.13. The van der Waals surface area contributed by atoms with Crippen LogP contribution in [0.25, 0.3) is 10.2 Å². The Morgan fingerprint density at radius 2 is 2.44 bits per heavy atom. The van der Waals surface area contributed by atoms with Gasteiger partial charge >= 0.3 is 0 Å². The zero-order valence-electron chi connectivity index (χ0n) is 8.97. The molecule has 0 spiro atoms. The number of nitrogens with zero attached hydrogens (tertiary/aromatic N) is 2. The fourth-order valence-electron chi connectivity index (χ4n) is 2.43. The summed E-state index contributed by atoms with van der Waals surface area (Å²) in [7, 11) is 0. The molecule has 4 heteroatoms. The molecule has 0 unspecified atom stereocenters. The molecular formula is C12H14N2OS. The van der Waals surface area contributed by atoms with Gasteiger partial charge in [-0.3, -0.25) is 4.98 Å². The molecule has 0 aliphatic carbocycles. The van der Waals surface area contributed by atoms with E-state index in [9.17, 15) is 5.11 Å². The predicted molar refractivity (Wildman–Crippen MR) is 67.1 cm³/mol. The number of hydrogen-bond acceptors (Lipinski definition) is 4. The van der Waals surface area contributed by atoms with Gasteiger partial charge in [0, 0.05) is 12.7 Å². The van der Waals surface area contributed by atoms with Crippen molar-refractivity contribution >= 4 is 27.2 Å². The number of pyridine rings is 1. The van der Waals surface area contributed by atoms with Gasteiger partial charge in [-0.05, 0) is 30.4 Å². The first-order valence-electron chi connectivity index (χ1n) is 5.60. The molecule has 0 amide bonds. The topological polar surface area (TPSA) is 36.4 Å². The Morgan fingerprint density at radius 1 is 1.50 bits per heavy atom. The minimum absolute atomic E-state index is 0.245. The Morgan fingerprint density at radius 3 is 3.31 bits per heavy atom. The van der Waals surface area contributed by atoms with Crippen LogP contribution in [0.15, 0.2) is 23.7 Å². The number of aliphatic hydroxyl groups excluding tert-OH is 1. The van der Waals surface area contributed by atoms with Gasteiger partial charge in [0.15, 0.2) is 0 Å². The molecule has 3 nitrogen and oxygen atoms in total. The van der Waals surface area contributed by atoms with Gasteiger partial charge < -0.3 is 10.0 Å². The van der Waals surface area contributed by atoms with Crippen LogP contribution in [0.5, 0.6) is 0 Å². The van der Waals surface area contributed by atoms with E-state index in [4.69, 9.17) is 0 Å². The first-order chi connectivity index (χ1) is 7.90. The summed E-state index contributed by atoms with van der Waals surface area (Å²) in [6.45, 7) is 1.29. The second-order valence-electron chi connectivity index (χ2n) is 4.14. The summed E-state index contributed by atoms with van der Waals surface area (Å²) in [6.07, 6.45) is 4.11. The molecule has 0 bridgehead atoms. The molecule has 1 fully saturated rings. The van der Waals surface area contributed by atoms with E-state index >= 15 is 0 Å². The fourth-order valence-corrected chi connectivity index (χ4v) is 3.31. The van der Waals surface area contributed by atoms with Gasteiger partial charge in [0.25, 0.3) is 0 Å². The lowest BCUT2D eigenvalue weighted by molar-refractivity contribution is 0.266. The Balaban J connectivity index is 2.07. The number of aliphatic hydroxyl groups is 1. The summed E-state index contributed by atoms with van der Waals surface area (Å²) in [5.41, 5.74) is 2.29. The molecule has 1 N–H and O–H groups in total. The molecule has 3 rings (SSSR count). The van der Waals surface area contributed by atoms with Crippen molar-refractivity contribution in [3.63, 3.8) is 0 Å². The van der Waals surface area contributed by atoms with E-state index < -0.39 is 0 Å². The maximum absolute atomic E-state index is 9.37. The summed E-state index contributed by atoms with van der Waals surface area (Å²) < 4.78 is 1.24. The normalized spacial score (nSPS) is 20.8. The Labute approximate surface area is 98.3 Å². The zero-order valence-corrected chi connectivity index (χ0v) is 9.78. The molecule has 0 radical (unpaired) electrons. The van der Waals surface area contributed by atoms with E-state index in [1.807, 2.05) is 12.3 Å². The van der Waals surface area contributed by atoms with Crippen molar-refractivity contribution in [1.82, 2.24) is 4.98 Å². The van der Waals surface area contributed by atoms with Crippen LogP contribution in [0.4, 0.5) is 5.69 Å². The molecule has 1 aliphatic rings. The number of fused-ring (bicyclic) bond motifs is 1. The van der Waals surface area contributed by atoms with Crippen molar-refractivity contribution in [1.29, 1.82) is 0 Å². The first-order valence-corrected chi connectivity index (χ1v) is 6.48. The van der Waals surface area contributed by atoms with Crippen LogP contribution in [-0.4, -0.2) is 29.3 Å². The largest absolute Gasteiger partial charge is 0.394 e. The van der Waals surface area contributed by atoms with Gasteiger partial charge in [-0.1, -0.05) is 0 Å². The molecule has 16 heavy (non-hydrogen) atoms. The minimum Gasteiger partial charge on any atom is -0.394 e. The van der Waals surface area contributed by atoms with Gasteiger partial charge in [-0.2, -0.15) is 0 Å². The monoisotopic (exact) mass is 234 g/mol. The van der Waals surface area contributed by atoms with E-state index in [1.54, 1.807) is 11.3 Å². The lowest BCUT2D eigenvalue weighted by Crippen LogP contribution is -2.32. The number of aromatic nitrogens is 1. The first kappa shape index (κ1) is 10.1. The zero-order chi connectivity index (χ0) is 11.0. The van der Waals surface area contributed by atoms with E-state index in [1.165, 1.54) is 16.8 Å². The van der Waals surface area contributed by atoms with Crippen molar-refractivity contribution in [2.45, 2.75) is 18.9 Å². The summed E-state index contributed by atoms with van der Waals surface area (Å²) >= 11 is 1.73. The molecule has 0 saturated carbocycles. The highest BCUT2D eigenvalue weighted by Crippen LogP contribution is 2.34. The fraction of sp³-hybridized carbons (Fsp3) is 0.417. The predicted octanol–water partition coefficient (Wildman–Crippen LogP) is 2.26. The number of thiophene rings is 1. The average Bonchev–Trinajstić information content (AvgIpc) is 2.96. The number of hydrogen-bond donors (Lipinski definition) is 1. The summed E-state index contributed by atoms with van der Waals surface area (Å²) in [5.74, 6) is 0. The van der Waals surface area contributed by atoms with Crippen molar-refractivity contribution in [2.24, 2.45) is 0 Å². The van der Waals surface area contributed by atoms with Crippen LogP contribution in [0.2, 0.25) is 0 Å². The smallest absolute Gasteiger partial charge is 0.0830 e. The van der Waals surface area contributed by atoms with Crippen LogP contribution < -0.4 is 4.90 Å². The lowest BCUT2D eigenvalue weighted by Gasteiger charge is -2.25. The highest BCUT2D eigenvalue weighted by atomic mass is 32.1. The molecule has 2 aromatic heterocycles. The molecule has 84 valence electrons. The standard InChI is InChI=1S/C12H14N2OS/c15-8-9-2-1-6-14(9)11-3-5-13-10-4-7-16-12(10)11/h3-5,7,9,15H,1-2,6,8H2/t9-/m1/s1. The van der Waals surface area contributed by atoms with Crippen LogP contribution in [0.1, 0.15) is 12.8 Å². The molecular weight excluding hydrogens is 220 g/mol. The molecule has 2 aromatic rings. The average molecular weight is 234 g/mol. The highest BCUT2D eigenvalue weighted by Gasteiger charge is 2.25. The third-order valence-corrected chi connectivity index (χ3v) is 4.15. The maximum atomic E-state index is 9.37. The van der Waals surface area contributed by atoms with E-state index in [0.29, 0.717) is 0 Å². The van der Waals surface area contributed by atoms with E-state index in [-0.39, 0.29) is 12.6 Å². The van der Waals surface area contributed by atoms with Crippen molar-refractivity contribution in [3.8, 4) is 0 Å². The van der Waals surface area contributed by atoms with Crippen molar-refractivity contribution < 1.29 is 5.11 Å². The summed E-state index contributed by atoms with van der Waals surface area (Å²) in [5, 5.41) is 11.4. The number of rotatable bonds is 2. The van der Waals surface area contributed by atoms with Crippen molar-refractivity contribution in [3.05, 3.63) is 23.7 Å². The van der Waals surface area contributed by atoms with Crippen LogP contribution in [0, 0.1) is 0 Å². The molecule has 1 atom stereocenters. The molecule has 1 saturated heterocycles. The van der Waals surface area contributed by atoms with Crippen LogP contribution >= 0.6 is 11.3 Å². The lowest BCUT2D eigenvalue weighted by atomic mass is 10.2. The Bertz CT molecular complexity index is 496. The van der Waals surface area contributed by atoms with Gasteiger partial charge in [-0.25, -0.2) is 0 Å². The number of anilines is 1. The maximum Gasteiger partial charge on any atom is 0.0830 e. The van der Waals surface area contributed by atoms with Gasteiger partial charge in [0.05, 0.1) is 28.6 Å². The highest BCUT2D eigenvalue weighted by molar-refractivity contribution is 7.17. The molecule has 3 heterocycles. The second-order valence-corrected chi connectivity index (χ2v) is 5.05. The summed E-state index contributed by atoms with van der Waals surface area (Å²) in [6, 6.07) is 4.40. The van der Waals surface area contributed by atoms with Gasteiger partial charge in [0.1, 0.15) is 0 Å². The SMILES string of the molecule is OC[C@H]1CCCN1c1ccnc2ccsc12. The van der Waals surface area contributed by atoms with E-state index in [2.05, 4.69) is 21.3 Å². The quantitative estimate of drug-likeness (QED) is 0.866. The Kier molecular flexibility index (Phi) is 2.53. The minimum atomic E-state index is 0.245. The third kappa shape index (κ3) is 1.49. The second kappa shape index (κ2) is 4.03. The third-order valence-electron chi connectivity index (χ3n) is 3.22. The van der Waals surface area contributed by atoms with Crippen LogP contribution in [-0.2, 0) is 0 Å². The summed E-state index contributed by atoms with van der Waals surface area (Å²) in [4.78, 5) is 6.67. The van der Waals surface area contributed by atoms with Gasteiger partial charge in [-0.15, -0.1) is 11.3 Å². The van der Waals surface area contributed by atoms with Crippen LogP contribution in [0.3, 0.4) is 0 Å². The molecule has 0 aromatic carbocycles.